The summed E-state index contributed by atoms with van der Waals surface area (Å²) >= 11 is 0. The van der Waals surface area contributed by atoms with Crippen molar-refractivity contribution in [3.63, 3.8) is 0 Å². The number of rotatable bonds is 5. The Labute approximate surface area is 289 Å². The number of nitrogens with one attached hydrogen (secondary N) is 3. The monoisotopic (exact) mass is 646 g/mol. The normalized spacial score (nSPS) is 18.0. The zero-order valence-electron chi connectivity index (χ0n) is 27.2. The minimum absolute atomic E-state index is 0.0385. The Hall–Kier alpha value is -6.05. The molecule has 6 nitrogen and oxygen atoms in total. The van der Waals surface area contributed by atoms with Crippen LogP contribution in [0.4, 0.5) is 0 Å². The molecule has 240 valence electrons. The summed E-state index contributed by atoms with van der Waals surface area (Å²) < 4.78 is 4.69. The summed E-state index contributed by atoms with van der Waals surface area (Å²) in [5.41, 5.74) is 9.24. The summed E-state index contributed by atoms with van der Waals surface area (Å²) in [4.78, 5) is 5.15. The second-order valence-electron chi connectivity index (χ2n) is 13.0. The molecule has 1 saturated heterocycles. The molecule has 0 amide bonds. The predicted octanol–water partition coefficient (Wildman–Crippen LogP) is 9.45. The highest BCUT2D eigenvalue weighted by Crippen LogP contribution is 2.39. The molecule has 2 atom stereocenters. The van der Waals surface area contributed by atoms with E-state index >= 15 is 0 Å². The highest BCUT2D eigenvalue weighted by atomic mass is 15.4. The SMILES string of the molecule is c1ccc(C2NC(c3ccccc3)NC(c3ccc(-n4c5ccccc5c5cc6c7ccccc7n(-c7ccccc7)c6cc54)nc3)N2)cc1. The van der Waals surface area contributed by atoms with Gasteiger partial charge in [0.1, 0.15) is 5.82 Å². The summed E-state index contributed by atoms with van der Waals surface area (Å²) in [6.45, 7) is 0. The lowest BCUT2D eigenvalue weighted by Gasteiger charge is -2.39. The molecule has 50 heavy (non-hydrogen) atoms. The molecule has 0 aliphatic carbocycles. The van der Waals surface area contributed by atoms with Crippen molar-refractivity contribution in [2.75, 3.05) is 0 Å². The Morgan fingerprint density at radius 2 is 0.860 bits per heavy atom. The van der Waals surface area contributed by atoms with Crippen molar-refractivity contribution >= 4 is 43.6 Å². The van der Waals surface area contributed by atoms with Gasteiger partial charge in [-0.2, -0.15) is 0 Å². The topological polar surface area (TPSA) is 58.8 Å². The van der Waals surface area contributed by atoms with E-state index in [0.717, 1.165) is 28.1 Å². The van der Waals surface area contributed by atoms with Crippen molar-refractivity contribution in [3.05, 3.63) is 187 Å². The summed E-state index contributed by atoms with van der Waals surface area (Å²) in [5.74, 6) is 0.884. The predicted molar refractivity (Wildman–Crippen MR) is 203 cm³/mol. The second kappa shape index (κ2) is 11.8. The van der Waals surface area contributed by atoms with Crippen LogP contribution < -0.4 is 16.0 Å². The van der Waals surface area contributed by atoms with Crippen LogP contribution in [0.2, 0.25) is 0 Å². The minimum atomic E-state index is -0.118. The Balaban J connectivity index is 1.10. The first kappa shape index (κ1) is 28.9. The molecule has 1 aliphatic rings. The average molecular weight is 647 g/mol. The quantitative estimate of drug-likeness (QED) is 0.174. The third kappa shape index (κ3) is 4.73. The van der Waals surface area contributed by atoms with Crippen LogP contribution in [-0.4, -0.2) is 14.1 Å². The van der Waals surface area contributed by atoms with Crippen LogP contribution in [0.1, 0.15) is 35.2 Å². The van der Waals surface area contributed by atoms with Crippen LogP contribution in [0, 0.1) is 0 Å². The first-order chi connectivity index (χ1) is 24.8. The van der Waals surface area contributed by atoms with Crippen LogP contribution >= 0.6 is 0 Å². The van der Waals surface area contributed by atoms with Crippen LogP contribution in [0.15, 0.2) is 170 Å². The molecule has 6 heteroatoms. The Morgan fingerprint density at radius 1 is 0.380 bits per heavy atom. The van der Waals surface area contributed by atoms with E-state index in [2.05, 4.69) is 189 Å². The molecule has 6 aromatic carbocycles. The first-order valence-corrected chi connectivity index (χ1v) is 17.2. The summed E-state index contributed by atoms with van der Waals surface area (Å²) in [7, 11) is 0. The van der Waals surface area contributed by atoms with Gasteiger partial charge in [0.25, 0.3) is 0 Å². The number of nitrogens with zero attached hydrogens (tertiary/aromatic N) is 3. The summed E-state index contributed by atoms with van der Waals surface area (Å²) in [5, 5.41) is 16.2. The van der Waals surface area contributed by atoms with Gasteiger partial charge in [0.15, 0.2) is 0 Å². The molecule has 0 spiro atoms. The molecule has 9 aromatic rings. The van der Waals surface area contributed by atoms with E-state index in [4.69, 9.17) is 4.98 Å². The zero-order chi connectivity index (χ0) is 33.0. The molecular weight excluding hydrogens is 613 g/mol. The van der Waals surface area contributed by atoms with Gasteiger partial charge in [0, 0.05) is 39.0 Å². The lowest BCUT2D eigenvalue weighted by molar-refractivity contribution is 0.203. The highest BCUT2D eigenvalue weighted by Gasteiger charge is 2.30. The van der Waals surface area contributed by atoms with Gasteiger partial charge in [0.05, 0.1) is 40.6 Å². The van der Waals surface area contributed by atoms with Gasteiger partial charge in [-0.25, -0.2) is 4.98 Å². The number of hydrogen-bond acceptors (Lipinski definition) is 4. The van der Waals surface area contributed by atoms with E-state index < -0.39 is 0 Å². The van der Waals surface area contributed by atoms with E-state index in [0.29, 0.717) is 0 Å². The highest BCUT2D eigenvalue weighted by molar-refractivity contribution is 6.19. The van der Waals surface area contributed by atoms with Crippen molar-refractivity contribution in [3.8, 4) is 11.5 Å². The van der Waals surface area contributed by atoms with E-state index in [1.54, 1.807) is 0 Å². The maximum atomic E-state index is 5.15. The second-order valence-corrected chi connectivity index (χ2v) is 13.0. The lowest BCUT2D eigenvalue weighted by Crippen LogP contribution is -2.54. The van der Waals surface area contributed by atoms with Crippen molar-refractivity contribution < 1.29 is 0 Å². The maximum absolute atomic E-state index is 5.15. The van der Waals surface area contributed by atoms with Crippen molar-refractivity contribution in [1.29, 1.82) is 0 Å². The first-order valence-electron chi connectivity index (χ1n) is 17.2. The van der Waals surface area contributed by atoms with Gasteiger partial charge >= 0.3 is 0 Å². The summed E-state index contributed by atoms with van der Waals surface area (Å²) in [6, 6.07) is 58.2. The van der Waals surface area contributed by atoms with E-state index in [1.807, 2.05) is 6.20 Å². The molecule has 0 radical (unpaired) electrons. The number of para-hydroxylation sites is 3. The van der Waals surface area contributed by atoms with Crippen LogP contribution in [0.5, 0.6) is 0 Å². The number of hydrogen-bond donors (Lipinski definition) is 3. The smallest absolute Gasteiger partial charge is 0.137 e. The van der Waals surface area contributed by atoms with E-state index in [-0.39, 0.29) is 18.5 Å². The standard InChI is InChI=1S/C44H34N6/c1-4-14-29(15-5-1)42-46-43(30-16-6-2-7-17-30)48-44(47-42)31-24-25-41(45-28-31)50-38-23-13-11-21-34(38)36-26-35-33-20-10-12-22-37(33)49(39(35)27-40(36)50)32-18-8-3-9-19-32/h1-28,42-44,46-48H. The molecule has 1 fully saturated rings. The fraction of sp³-hybridized carbons (Fsp3) is 0.0682. The molecule has 3 N–H and O–H groups in total. The fourth-order valence-corrected chi connectivity index (χ4v) is 7.75. The van der Waals surface area contributed by atoms with Crippen LogP contribution in [0.25, 0.3) is 55.1 Å². The molecule has 10 rings (SSSR count). The lowest BCUT2D eigenvalue weighted by atomic mass is 10.1. The maximum Gasteiger partial charge on any atom is 0.137 e. The number of fused-ring (bicyclic) bond motifs is 6. The fourth-order valence-electron chi connectivity index (χ4n) is 7.75. The molecule has 2 unspecified atom stereocenters. The number of benzene rings is 6. The van der Waals surface area contributed by atoms with Crippen molar-refractivity contribution in [2.45, 2.75) is 18.5 Å². The Kier molecular flexibility index (Phi) is 6.84. The zero-order valence-corrected chi connectivity index (χ0v) is 27.2. The molecule has 3 aromatic heterocycles. The van der Waals surface area contributed by atoms with Gasteiger partial charge in [0.2, 0.25) is 0 Å². The van der Waals surface area contributed by atoms with Crippen molar-refractivity contribution in [2.24, 2.45) is 0 Å². The number of aromatic nitrogens is 3. The van der Waals surface area contributed by atoms with Crippen LogP contribution in [-0.2, 0) is 0 Å². The van der Waals surface area contributed by atoms with Crippen molar-refractivity contribution in [1.82, 2.24) is 30.1 Å². The molecule has 0 bridgehead atoms. The minimum Gasteiger partial charge on any atom is -0.309 e. The third-order valence-electron chi connectivity index (χ3n) is 10.1. The molecule has 1 aliphatic heterocycles. The van der Waals surface area contributed by atoms with E-state index in [1.165, 1.54) is 43.7 Å². The third-order valence-corrected chi connectivity index (χ3v) is 10.1. The molecular formula is C44H34N6. The number of pyridine rings is 1. The van der Waals surface area contributed by atoms with Gasteiger partial charge in [-0.05, 0) is 53.6 Å². The largest absolute Gasteiger partial charge is 0.309 e. The van der Waals surface area contributed by atoms with Gasteiger partial charge < -0.3 is 4.57 Å². The Morgan fingerprint density at radius 3 is 1.42 bits per heavy atom. The summed E-state index contributed by atoms with van der Waals surface area (Å²) in [6.07, 6.45) is 1.81. The van der Waals surface area contributed by atoms with Gasteiger partial charge in [-0.15, -0.1) is 0 Å². The van der Waals surface area contributed by atoms with E-state index in [9.17, 15) is 0 Å². The molecule has 0 saturated carbocycles. The molecule has 4 heterocycles. The van der Waals surface area contributed by atoms with Crippen LogP contribution in [0.3, 0.4) is 0 Å². The van der Waals surface area contributed by atoms with Gasteiger partial charge in [-0.3, -0.25) is 20.5 Å². The van der Waals surface area contributed by atoms with Gasteiger partial charge in [-0.1, -0.05) is 121 Å². The Bertz CT molecular complexity index is 2580. The average Bonchev–Trinajstić information content (AvgIpc) is 3.70.